The summed E-state index contributed by atoms with van der Waals surface area (Å²) < 4.78 is 0. The van der Waals surface area contributed by atoms with E-state index in [-0.39, 0.29) is 18.9 Å². The lowest BCUT2D eigenvalue weighted by molar-refractivity contribution is -0.116. The first kappa shape index (κ1) is 19.4. The second-order valence-electron chi connectivity index (χ2n) is 6.01. The fraction of sp³-hybridized carbons (Fsp3) is 0.0909. The van der Waals surface area contributed by atoms with Crippen LogP contribution in [0.25, 0.3) is 9.69 Å². The number of allylic oxidation sites excluding steroid dienone is 2. The van der Waals surface area contributed by atoms with Gasteiger partial charge in [-0.25, -0.2) is 28.1 Å². The van der Waals surface area contributed by atoms with Crippen molar-refractivity contribution < 1.29 is 9.59 Å². The maximum absolute atomic E-state index is 13.1. The van der Waals surface area contributed by atoms with Gasteiger partial charge >= 0.3 is 0 Å². The van der Waals surface area contributed by atoms with Crippen molar-refractivity contribution in [3.05, 3.63) is 107 Å². The molecule has 0 saturated carbocycles. The first-order valence-electron chi connectivity index (χ1n) is 8.75. The molecule has 0 bridgehead atoms. The molecule has 0 radical (unpaired) electrons. The van der Waals surface area contributed by atoms with E-state index in [4.69, 9.17) is 13.1 Å². The number of carbonyl (C=O) groups excluding carboxylic acids is 2. The molecule has 1 saturated heterocycles. The Bertz CT molecular complexity index is 957. The summed E-state index contributed by atoms with van der Waals surface area (Å²) in [4.78, 5) is 34.1. The van der Waals surface area contributed by atoms with E-state index in [9.17, 15) is 9.59 Å². The van der Waals surface area contributed by atoms with Gasteiger partial charge in [0.05, 0.1) is 11.4 Å². The Labute approximate surface area is 169 Å². The quantitative estimate of drug-likeness (QED) is 0.436. The molecule has 0 N–H and O–H groups in total. The van der Waals surface area contributed by atoms with Gasteiger partial charge in [0.25, 0.3) is 25.2 Å². The first-order valence-corrected chi connectivity index (χ1v) is 8.75. The van der Waals surface area contributed by atoms with Crippen LogP contribution in [0.3, 0.4) is 0 Å². The summed E-state index contributed by atoms with van der Waals surface area (Å²) in [5.41, 5.74) is 1.15. The Balaban J connectivity index is 1.98. The zero-order chi connectivity index (χ0) is 20.6. The Morgan fingerprint density at radius 2 is 1.24 bits per heavy atom. The van der Waals surface area contributed by atoms with Crippen LogP contribution in [-0.4, -0.2) is 30.1 Å². The number of benzene rings is 2. The number of amides is 2. The van der Waals surface area contributed by atoms with Crippen molar-refractivity contribution >= 4 is 23.2 Å². The molecule has 2 aromatic rings. The number of nitrogens with zero attached hydrogens (tertiary/aromatic N) is 5. The van der Waals surface area contributed by atoms with Crippen LogP contribution in [0.1, 0.15) is 0 Å². The lowest BCUT2D eigenvalue weighted by atomic mass is 10.2. The fourth-order valence-electron chi connectivity index (χ4n) is 2.83. The Kier molecular flexibility index (Phi) is 6.04. The molecule has 2 amide bonds. The highest BCUT2D eigenvalue weighted by molar-refractivity contribution is 6.36. The zero-order valence-corrected chi connectivity index (χ0v) is 15.5. The van der Waals surface area contributed by atoms with Crippen molar-refractivity contribution in [3.8, 4) is 0 Å². The number of anilines is 2. The third kappa shape index (κ3) is 4.15. The monoisotopic (exact) mass is 383 g/mol. The molecule has 1 heterocycles. The van der Waals surface area contributed by atoms with Crippen molar-refractivity contribution in [1.29, 1.82) is 0 Å². The smallest absolute Gasteiger partial charge is 0.293 e. The van der Waals surface area contributed by atoms with Gasteiger partial charge in [-0.1, -0.05) is 36.4 Å². The third-order valence-electron chi connectivity index (χ3n) is 4.11. The predicted molar refractivity (Wildman–Crippen MR) is 110 cm³/mol. The van der Waals surface area contributed by atoms with E-state index >= 15 is 0 Å². The van der Waals surface area contributed by atoms with Crippen LogP contribution in [0.4, 0.5) is 11.4 Å². The van der Waals surface area contributed by atoms with Crippen molar-refractivity contribution in [2.45, 2.75) is 0 Å². The summed E-state index contributed by atoms with van der Waals surface area (Å²) >= 11 is 0. The summed E-state index contributed by atoms with van der Waals surface area (Å²) in [5.74, 6) is -0.895. The summed E-state index contributed by atoms with van der Waals surface area (Å²) in [6.45, 7) is 13.9. The van der Waals surface area contributed by atoms with Gasteiger partial charge in [-0.2, -0.15) is 0 Å². The minimum atomic E-state index is -0.448. The molecule has 7 nitrogen and oxygen atoms in total. The van der Waals surface area contributed by atoms with Crippen molar-refractivity contribution in [2.24, 2.45) is 0 Å². The topological polar surface area (TPSA) is 52.6 Å². The molecule has 0 unspecified atom stereocenters. The number of hydrogen-bond donors (Lipinski definition) is 0. The number of rotatable bonds is 6. The minimum Gasteiger partial charge on any atom is -0.293 e. The largest absolute Gasteiger partial charge is 0.294 e. The van der Waals surface area contributed by atoms with Crippen LogP contribution < -0.4 is 10.0 Å². The molecular weight excluding hydrogens is 366 g/mol. The highest BCUT2D eigenvalue weighted by atomic mass is 16.2. The van der Waals surface area contributed by atoms with E-state index in [1.807, 2.05) is 12.1 Å². The summed E-state index contributed by atoms with van der Waals surface area (Å²) in [6, 6.07) is 17.9. The summed E-state index contributed by atoms with van der Waals surface area (Å²) in [7, 11) is 0. The highest BCUT2D eigenvalue weighted by Crippen LogP contribution is 2.31. The molecule has 0 aromatic heterocycles. The van der Waals surface area contributed by atoms with Crippen LogP contribution in [0.5, 0.6) is 0 Å². The number of para-hydroxylation sites is 2. The normalized spacial score (nSPS) is 13.5. The molecule has 7 heteroatoms. The first-order chi connectivity index (χ1) is 14.2. The lowest BCUT2D eigenvalue weighted by Gasteiger charge is -2.27. The lowest BCUT2D eigenvalue weighted by Crippen LogP contribution is -2.41. The van der Waals surface area contributed by atoms with Crippen molar-refractivity contribution in [3.63, 3.8) is 0 Å². The molecule has 0 aliphatic carbocycles. The van der Waals surface area contributed by atoms with Crippen molar-refractivity contribution in [2.75, 3.05) is 23.4 Å². The zero-order valence-electron chi connectivity index (χ0n) is 15.5. The second kappa shape index (κ2) is 9.03. The van der Waals surface area contributed by atoms with E-state index in [1.54, 1.807) is 48.5 Å². The standard InChI is InChI=1S/C22H17N5O2/c1-23-16-25(17-24-2)15-9-14-20-21(28)26(18-10-5-3-6-11-18)27(22(20)29)19-12-7-4-8-13-19/h3-15H,16-17H2. The summed E-state index contributed by atoms with van der Waals surface area (Å²) in [5, 5.41) is 2.68. The maximum Gasteiger partial charge on any atom is 0.294 e. The van der Waals surface area contributed by atoms with E-state index in [1.165, 1.54) is 33.3 Å². The Hall–Kier alpha value is -4.36. The van der Waals surface area contributed by atoms with E-state index in [0.29, 0.717) is 11.4 Å². The third-order valence-corrected chi connectivity index (χ3v) is 4.11. The van der Waals surface area contributed by atoms with Crippen LogP contribution in [0.2, 0.25) is 0 Å². The average Bonchev–Trinajstić information content (AvgIpc) is 3.00. The van der Waals surface area contributed by atoms with Crippen molar-refractivity contribution in [1.82, 2.24) is 4.90 Å². The van der Waals surface area contributed by atoms with Gasteiger partial charge < -0.3 is 0 Å². The molecule has 1 fully saturated rings. The molecule has 29 heavy (non-hydrogen) atoms. The van der Waals surface area contributed by atoms with E-state index < -0.39 is 11.8 Å². The SMILES string of the molecule is [C-]#[N+]CN(C=CC=C1C(=O)N(c2ccccc2)N(c2ccccc2)C1=O)C[N+]#[C-]. The average molecular weight is 383 g/mol. The van der Waals surface area contributed by atoms with Crippen LogP contribution in [0.15, 0.2) is 84.6 Å². The maximum atomic E-state index is 13.1. The molecule has 1 aliphatic heterocycles. The molecule has 2 aromatic carbocycles. The van der Waals surface area contributed by atoms with Gasteiger partial charge in [-0.15, -0.1) is 0 Å². The van der Waals surface area contributed by atoms with E-state index in [0.717, 1.165) is 0 Å². The fourth-order valence-corrected chi connectivity index (χ4v) is 2.83. The molecule has 0 atom stereocenters. The van der Waals surface area contributed by atoms with Gasteiger partial charge in [0.2, 0.25) is 0 Å². The Morgan fingerprint density at radius 3 is 1.66 bits per heavy atom. The summed E-state index contributed by atoms with van der Waals surface area (Å²) in [6.07, 6.45) is 4.46. The van der Waals surface area contributed by atoms with Crippen LogP contribution in [-0.2, 0) is 9.59 Å². The van der Waals surface area contributed by atoms with Gasteiger partial charge in [0, 0.05) is 6.20 Å². The van der Waals surface area contributed by atoms with E-state index in [2.05, 4.69) is 9.69 Å². The molecular formula is C22H17N5O2. The Morgan fingerprint density at radius 1 is 0.793 bits per heavy atom. The highest BCUT2D eigenvalue weighted by Gasteiger charge is 2.42. The predicted octanol–water partition coefficient (Wildman–Crippen LogP) is 3.48. The number of hydrogen-bond acceptors (Lipinski definition) is 3. The molecule has 142 valence electrons. The van der Waals surface area contributed by atoms with Crippen LogP contribution in [0, 0.1) is 13.1 Å². The molecule has 3 rings (SSSR count). The molecule has 0 spiro atoms. The van der Waals surface area contributed by atoms with Gasteiger partial charge in [-0.3, -0.25) is 19.3 Å². The second-order valence-corrected chi connectivity index (χ2v) is 6.01. The minimum absolute atomic E-state index is 0.000435. The molecule has 1 aliphatic rings. The van der Waals surface area contributed by atoms with Crippen LogP contribution >= 0.6 is 0 Å². The number of carbonyl (C=O) groups is 2. The van der Waals surface area contributed by atoms with Gasteiger partial charge in [0.15, 0.2) is 0 Å². The number of hydrazine groups is 1. The van der Waals surface area contributed by atoms with Gasteiger partial charge in [-0.05, 0) is 36.4 Å². The van der Waals surface area contributed by atoms with Gasteiger partial charge in [0.1, 0.15) is 5.57 Å².